The second kappa shape index (κ2) is 11.0. The molecule has 0 aliphatic rings. The van der Waals surface area contributed by atoms with Crippen molar-refractivity contribution in [1.29, 1.82) is 0 Å². The fraction of sp³-hybridized carbons (Fsp3) is 1.00. The van der Waals surface area contributed by atoms with E-state index >= 15 is 0 Å². The molecule has 4 nitrogen and oxygen atoms in total. The van der Waals surface area contributed by atoms with Crippen LogP contribution in [0.3, 0.4) is 0 Å². The third-order valence-electron chi connectivity index (χ3n) is 1.97. The molecule has 0 atom stereocenters. The van der Waals surface area contributed by atoms with Crippen LogP contribution in [-0.4, -0.2) is 39.9 Å². The van der Waals surface area contributed by atoms with Gasteiger partial charge in [-0.2, -0.15) is 0 Å². The van der Waals surface area contributed by atoms with Crippen LogP contribution in [0.1, 0.15) is 61.3 Å². The van der Waals surface area contributed by atoms with Gasteiger partial charge in [0, 0.05) is 0 Å². The Morgan fingerprint density at radius 2 is 1.26 bits per heavy atom. The molecule has 0 heterocycles. The van der Waals surface area contributed by atoms with E-state index in [2.05, 4.69) is 6.92 Å². The summed E-state index contributed by atoms with van der Waals surface area (Å²) >= 11 is -4.45. The Morgan fingerprint density at radius 3 is 1.58 bits per heavy atom. The molecule has 6 heteroatoms. The first kappa shape index (κ1) is 20.4. The second-order valence-electron chi connectivity index (χ2n) is 5.35. The van der Waals surface area contributed by atoms with Crippen molar-refractivity contribution >= 4 is 21.6 Å². The SMILES string of the molecule is CCC[CH2][Sn][O][Ti]([O]C(C)C)([O]C(C)C)[O]C(C)C. The number of hydrogen-bond acceptors (Lipinski definition) is 4. The molecule has 0 aliphatic heterocycles. The molecule has 0 aromatic rings. The van der Waals surface area contributed by atoms with E-state index in [1.54, 1.807) is 0 Å². The van der Waals surface area contributed by atoms with Gasteiger partial charge in [-0.25, -0.2) is 0 Å². The topological polar surface area (TPSA) is 36.9 Å². The Labute approximate surface area is 134 Å². The molecule has 0 unspecified atom stereocenters. The summed E-state index contributed by atoms with van der Waals surface area (Å²) in [4.78, 5) is 0. The van der Waals surface area contributed by atoms with Gasteiger partial charge in [0.25, 0.3) is 0 Å². The van der Waals surface area contributed by atoms with E-state index in [-0.39, 0.29) is 18.3 Å². The first-order valence-electron chi connectivity index (χ1n) is 7.25. The van der Waals surface area contributed by atoms with Crippen molar-refractivity contribution in [2.75, 3.05) is 0 Å². The van der Waals surface area contributed by atoms with Crippen molar-refractivity contribution in [3.63, 3.8) is 0 Å². The summed E-state index contributed by atoms with van der Waals surface area (Å²) in [5.41, 5.74) is 0. The number of rotatable bonds is 11. The maximum atomic E-state index is 6.16. The van der Waals surface area contributed by atoms with Crippen molar-refractivity contribution in [2.24, 2.45) is 0 Å². The first-order chi connectivity index (χ1) is 8.81. The molecule has 0 amide bonds. The Kier molecular flexibility index (Phi) is 11.8. The zero-order valence-electron chi connectivity index (χ0n) is 13.5. The predicted molar refractivity (Wildman–Crippen MR) is 75.2 cm³/mol. The molecule has 114 valence electrons. The van der Waals surface area contributed by atoms with Crippen molar-refractivity contribution in [1.82, 2.24) is 0 Å². The molecule has 0 fully saturated rings. The zero-order chi connectivity index (χ0) is 14.9. The quantitative estimate of drug-likeness (QED) is 0.378. The predicted octanol–water partition coefficient (Wildman–Crippen LogP) is 3.93. The Morgan fingerprint density at radius 1 is 0.842 bits per heavy atom. The monoisotopic (exact) mass is 418 g/mol. The normalized spacial score (nSPS) is 12.9. The van der Waals surface area contributed by atoms with E-state index in [9.17, 15) is 0 Å². The van der Waals surface area contributed by atoms with Gasteiger partial charge in [0.1, 0.15) is 0 Å². The van der Waals surface area contributed by atoms with Gasteiger partial charge in [0.15, 0.2) is 0 Å². The summed E-state index contributed by atoms with van der Waals surface area (Å²) < 4.78 is 25.4. The van der Waals surface area contributed by atoms with Crippen LogP contribution in [0.2, 0.25) is 4.44 Å². The Balaban J connectivity index is 4.68. The molecule has 0 saturated carbocycles. The zero-order valence-corrected chi connectivity index (χ0v) is 17.9. The van der Waals surface area contributed by atoms with Crippen LogP contribution in [0.25, 0.3) is 0 Å². The average molecular weight is 417 g/mol. The van der Waals surface area contributed by atoms with E-state index in [4.69, 9.17) is 11.6 Å². The molecule has 0 aliphatic carbocycles. The van der Waals surface area contributed by atoms with Crippen LogP contribution in [0, 0.1) is 0 Å². The summed E-state index contributed by atoms with van der Waals surface area (Å²) in [6.07, 6.45) is 2.66. The molecule has 0 rings (SSSR count). The van der Waals surface area contributed by atoms with Crippen LogP contribution in [-0.2, 0) is 29.8 Å². The van der Waals surface area contributed by atoms with Gasteiger partial charge in [-0.05, 0) is 0 Å². The van der Waals surface area contributed by atoms with Crippen LogP contribution >= 0.6 is 0 Å². The summed E-state index contributed by atoms with van der Waals surface area (Å²) in [7, 11) is 0. The molecule has 0 aromatic heterocycles. The summed E-state index contributed by atoms with van der Waals surface area (Å²) in [6.45, 7) is 14.2. The van der Waals surface area contributed by atoms with E-state index in [1.165, 1.54) is 17.3 Å². The van der Waals surface area contributed by atoms with Crippen LogP contribution in [0.4, 0.5) is 0 Å². The van der Waals surface area contributed by atoms with Gasteiger partial charge in [-0.1, -0.05) is 0 Å². The summed E-state index contributed by atoms with van der Waals surface area (Å²) in [5.74, 6) is 0. The fourth-order valence-electron chi connectivity index (χ4n) is 1.41. The van der Waals surface area contributed by atoms with Crippen molar-refractivity contribution in [3.8, 4) is 0 Å². The summed E-state index contributed by atoms with van der Waals surface area (Å²) in [5, 5.41) is 0. The minimum absolute atomic E-state index is 0.0723. The van der Waals surface area contributed by atoms with Gasteiger partial charge in [-0.15, -0.1) is 0 Å². The van der Waals surface area contributed by atoms with E-state index in [1.807, 2.05) is 41.5 Å². The number of unbranched alkanes of at least 4 members (excludes halogenated alkanes) is 1. The van der Waals surface area contributed by atoms with E-state index in [0.717, 1.165) is 0 Å². The second-order valence-corrected chi connectivity index (χ2v) is 13.0. The minimum atomic E-state index is -3.54. The van der Waals surface area contributed by atoms with Crippen molar-refractivity contribution in [2.45, 2.75) is 84.1 Å². The van der Waals surface area contributed by atoms with Crippen LogP contribution in [0.15, 0.2) is 0 Å². The average Bonchev–Trinajstić information content (AvgIpc) is 2.21. The molecular weight excluding hydrogens is 387 g/mol. The maximum absolute atomic E-state index is 6.16. The third-order valence-corrected chi connectivity index (χ3v) is 12.4. The summed E-state index contributed by atoms with van der Waals surface area (Å²) in [6, 6.07) is 0. The van der Waals surface area contributed by atoms with Gasteiger partial charge >= 0.3 is 135 Å². The molecule has 0 bridgehead atoms. The molecule has 0 saturated heterocycles. The van der Waals surface area contributed by atoms with Gasteiger partial charge < -0.3 is 0 Å². The Bertz CT molecular complexity index is 198. The van der Waals surface area contributed by atoms with E-state index in [0.29, 0.717) is 0 Å². The van der Waals surface area contributed by atoms with Crippen LogP contribution < -0.4 is 0 Å². The van der Waals surface area contributed by atoms with Gasteiger partial charge in [0.2, 0.25) is 0 Å². The Hall–Kier alpha value is 1.35. The molecule has 0 spiro atoms. The van der Waals surface area contributed by atoms with Crippen LogP contribution in [0.5, 0.6) is 0 Å². The molecule has 2 radical (unpaired) electrons. The third kappa shape index (κ3) is 10.7. The van der Waals surface area contributed by atoms with E-state index < -0.39 is 39.7 Å². The fourth-order valence-corrected chi connectivity index (χ4v) is 11.4. The van der Waals surface area contributed by atoms with Gasteiger partial charge in [0.05, 0.1) is 0 Å². The number of hydrogen-bond donors (Lipinski definition) is 0. The molecule has 0 aromatic carbocycles. The van der Waals surface area contributed by atoms with Crippen molar-refractivity contribution in [3.05, 3.63) is 0 Å². The molecule has 0 N–H and O–H groups in total. The molecular formula is C13H30O4SnTi. The first-order valence-corrected chi connectivity index (χ1v) is 13.0. The van der Waals surface area contributed by atoms with Gasteiger partial charge in [-0.3, -0.25) is 0 Å². The van der Waals surface area contributed by atoms with Crippen molar-refractivity contribution < 1.29 is 29.8 Å². The standard InChI is InChI=1S/C4H9.3C3H7O.O.Sn.Ti/c1-3-4-2;3*1-3(2)4;;;/h1,3-4H2,2H3;3*3H,1-2H3;;;/q;3*-1;;;+3. The molecule has 19 heavy (non-hydrogen) atoms.